The third-order valence-electron chi connectivity index (χ3n) is 4.03. The van der Waals surface area contributed by atoms with Crippen LogP contribution in [0.5, 0.6) is 0 Å². The Bertz CT molecular complexity index is 386. The molecule has 4 unspecified atom stereocenters. The van der Waals surface area contributed by atoms with Gasteiger partial charge in [0, 0.05) is 12.0 Å². The van der Waals surface area contributed by atoms with E-state index in [0.29, 0.717) is 13.2 Å². The number of rotatable bonds is 3. The predicted molar refractivity (Wildman–Crippen MR) is 54.3 cm³/mol. The Labute approximate surface area is 93.6 Å². The van der Waals surface area contributed by atoms with Crippen molar-refractivity contribution in [3.63, 3.8) is 0 Å². The first kappa shape index (κ1) is 10.0. The van der Waals surface area contributed by atoms with Crippen LogP contribution in [0.15, 0.2) is 12.2 Å². The molecule has 0 radical (unpaired) electrons. The Balaban J connectivity index is 1.93. The highest BCUT2D eigenvalue weighted by Crippen LogP contribution is 2.59. The Morgan fingerprint density at radius 3 is 3.06 bits per heavy atom. The van der Waals surface area contributed by atoms with Crippen molar-refractivity contribution in [2.24, 2.45) is 23.2 Å². The molecule has 4 nitrogen and oxygen atoms in total. The van der Waals surface area contributed by atoms with E-state index in [2.05, 4.69) is 0 Å². The van der Waals surface area contributed by atoms with E-state index < -0.39 is 0 Å². The van der Waals surface area contributed by atoms with Gasteiger partial charge in [0.25, 0.3) is 0 Å². The van der Waals surface area contributed by atoms with Crippen molar-refractivity contribution in [1.82, 2.24) is 0 Å². The fraction of sp³-hybridized carbons (Fsp3) is 0.667. The second-order valence-corrected chi connectivity index (χ2v) is 4.84. The minimum Gasteiger partial charge on any atom is -0.393 e. The molecule has 0 aromatic heterocycles. The van der Waals surface area contributed by atoms with Gasteiger partial charge in [0.05, 0.1) is 18.4 Å². The molecule has 1 saturated carbocycles. The smallest absolute Gasteiger partial charge is 0.318 e. The molecular weight excluding hydrogens is 208 g/mol. The zero-order chi connectivity index (χ0) is 11.3. The maximum atomic E-state index is 11.7. The Morgan fingerprint density at radius 1 is 1.50 bits per heavy atom. The number of fused-ring (bicyclic) bond motifs is 5. The lowest BCUT2D eigenvalue weighted by atomic mass is 9.75. The van der Waals surface area contributed by atoms with Gasteiger partial charge in [-0.05, 0) is 19.3 Å². The fourth-order valence-electron chi connectivity index (χ4n) is 3.38. The molecule has 0 amide bonds. The first-order valence-electron chi connectivity index (χ1n) is 5.70. The second-order valence-electron chi connectivity index (χ2n) is 4.84. The lowest BCUT2D eigenvalue weighted by molar-refractivity contribution is -0.155. The second kappa shape index (κ2) is 3.17. The lowest BCUT2D eigenvalue weighted by Crippen LogP contribution is -2.34. The molecule has 2 aliphatic carbocycles. The van der Waals surface area contributed by atoms with E-state index in [1.165, 1.54) is 0 Å². The quantitative estimate of drug-likeness (QED) is 0.404. The number of cyclic esters (lactones) is 2. The van der Waals surface area contributed by atoms with E-state index in [1.54, 1.807) is 0 Å². The predicted octanol–water partition coefficient (Wildman–Crippen LogP) is 0.915. The first-order chi connectivity index (χ1) is 7.68. The van der Waals surface area contributed by atoms with Crippen LogP contribution < -0.4 is 0 Å². The molecular formula is C12H14O4. The molecule has 2 fully saturated rings. The zero-order valence-electron chi connectivity index (χ0n) is 9.14. The summed E-state index contributed by atoms with van der Waals surface area (Å²) >= 11 is 0. The molecule has 86 valence electrons. The van der Waals surface area contributed by atoms with Gasteiger partial charge < -0.3 is 9.47 Å². The molecule has 0 aromatic rings. The molecule has 4 atom stereocenters. The highest BCUT2D eigenvalue weighted by Gasteiger charge is 2.65. The normalized spacial score (nSPS) is 43.9. The van der Waals surface area contributed by atoms with Crippen LogP contribution in [0.3, 0.4) is 0 Å². The van der Waals surface area contributed by atoms with Gasteiger partial charge in [0.2, 0.25) is 0 Å². The summed E-state index contributed by atoms with van der Waals surface area (Å²) in [6, 6.07) is 0. The SMILES string of the molecule is CCOCC12C=CC(C1)C1C(=O)OC(=O)C12. The van der Waals surface area contributed by atoms with E-state index in [-0.39, 0.29) is 35.1 Å². The van der Waals surface area contributed by atoms with Crippen molar-refractivity contribution in [1.29, 1.82) is 0 Å². The minimum atomic E-state index is -0.360. The van der Waals surface area contributed by atoms with Gasteiger partial charge in [-0.2, -0.15) is 0 Å². The number of carbonyl (C=O) groups is 2. The summed E-state index contributed by atoms with van der Waals surface area (Å²) in [4.78, 5) is 23.2. The van der Waals surface area contributed by atoms with E-state index in [9.17, 15) is 9.59 Å². The molecule has 2 bridgehead atoms. The molecule has 16 heavy (non-hydrogen) atoms. The van der Waals surface area contributed by atoms with Gasteiger partial charge >= 0.3 is 11.9 Å². The molecule has 0 spiro atoms. The number of esters is 2. The van der Waals surface area contributed by atoms with Crippen LogP contribution in [0.4, 0.5) is 0 Å². The van der Waals surface area contributed by atoms with Gasteiger partial charge in [0.15, 0.2) is 0 Å². The minimum absolute atomic E-state index is 0.171. The summed E-state index contributed by atoms with van der Waals surface area (Å²) in [5, 5.41) is 0. The summed E-state index contributed by atoms with van der Waals surface area (Å²) in [6.07, 6.45) is 4.94. The Hall–Kier alpha value is -1.16. The number of allylic oxidation sites excluding steroid dienone is 1. The van der Waals surface area contributed by atoms with Crippen molar-refractivity contribution in [3.8, 4) is 0 Å². The summed E-state index contributed by atoms with van der Waals surface area (Å²) in [6.45, 7) is 3.07. The number of ether oxygens (including phenoxy) is 2. The maximum Gasteiger partial charge on any atom is 0.318 e. The molecule has 1 heterocycles. The average molecular weight is 222 g/mol. The van der Waals surface area contributed by atoms with Gasteiger partial charge in [-0.3, -0.25) is 9.59 Å². The van der Waals surface area contributed by atoms with E-state index in [1.807, 2.05) is 19.1 Å². The monoisotopic (exact) mass is 222 g/mol. The molecule has 4 heteroatoms. The van der Waals surface area contributed by atoms with E-state index >= 15 is 0 Å². The van der Waals surface area contributed by atoms with Crippen molar-refractivity contribution >= 4 is 11.9 Å². The number of hydrogen-bond donors (Lipinski definition) is 0. The summed E-state index contributed by atoms with van der Waals surface area (Å²) in [5.41, 5.74) is -0.283. The fourth-order valence-corrected chi connectivity index (χ4v) is 3.38. The Kier molecular flexibility index (Phi) is 1.98. The van der Waals surface area contributed by atoms with E-state index in [0.717, 1.165) is 6.42 Å². The van der Waals surface area contributed by atoms with Crippen molar-refractivity contribution < 1.29 is 19.1 Å². The van der Waals surface area contributed by atoms with Gasteiger partial charge in [-0.1, -0.05) is 12.2 Å². The summed E-state index contributed by atoms with van der Waals surface area (Å²) in [7, 11) is 0. The van der Waals surface area contributed by atoms with Crippen LogP contribution in [-0.4, -0.2) is 25.2 Å². The van der Waals surface area contributed by atoms with Crippen LogP contribution in [0.2, 0.25) is 0 Å². The van der Waals surface area contributed by atoms with Gasteiger partial charge in [0.1, 0.15) is 0 Å². The largest absolute Gasteiger partial charge is 0.393 e. The van der Waals surface area contributed by atoms with Gasteiger partial charge in [-0.15, -0.1) is 0 Å². The topological polar surface area (TPSA) is 52.6 Å². The van der Waals surface area contributed by atoms with Crippen molar-refractivity contribution in [3.05, 3.63) is 12.2 Å². The molecule has 3 aliphatic rings. The van der Waals surface area contributed by atoms with Gasteiger partial charge in [-0.25, -0.2) is 0 Å². The highest BCUT2D eigenvalue weighted by atomic mass is 16.6. The van der Waals surface area contributed by atoms with E-state index in [4.69, 9.17) is 9.47 Å². The molecule has 1 aliphatic heterocycles. The zero-order valence-corrected chi connectivity index (χ0v) is 9.14. The summed E-state index contributed by atoms with van der Waals surface area (Å²) in [5.74, 6) is -1.09. The van der Waals surface area contributed by atoms with Crippen LogP contribution in [0, 0.1) is 23.2 Å². The third-order valence-corrected chi connectivity index (χ3v) is 4.03. The maximum absolute atomic E-state index is 11.7. The van der Waals surface area contributed by atoms with Crippen molar-refractivity contribution in [2.75, 3.05) is 13.2 Å². The lowest BCUT2D eigenvalue weighted by Gasteiger charge is -2.28. The van der Waals surface area contributed by atoms with Crippen LogP contribution in [0.25, 0.3) is 0 Å². The highest BCUT2D eigenvalue weighted by molar-refractivity contribution is 5.98. The molecule has 1 saturated heterocycles. The third kappa shape index (κ3) is 1.08. The first-order valence-corrected chi connectivity index (χ1v) is 5.70. The number of hydrogen-bond acceptors (Lipinski definition) is 4. The van der Waals surface area contributed by atoms with Crippen molar-refractivity contribution in [2.45, 2.75) is 13.3 Å². The molecule has 0 N–H and O–H groups in total. The standard InChI is InChI=1S/C12H14O4/c1-2-15-6-12-4-3-7(5-12)8-9(12)11(14)16-10(8)13/h3-4,7-9H,2,5-6H2,1H3. The number of carbonyl (C=O) groups excluding carboxylic acids is 2. The van der Waals surface area contributed by atoms with Crippen LogP contribution in [-0.2, 0) is 19.1 Å². The Morgan fingerprint density at radius 2 is 2.31 bits per heavy atom. The molecule has 0 aromatic carbocycles. The average Bonchev–Trinajstić information content (AvgIpc) is 2.88. The summed E-state index contributed by atoms with van der Waals surface area (Å²) < 4.78 is 10.2. The molecule has 3 rings (SSSR count). The van der Waals surface area contributed by atoms with Crippen LogP contribution >= 0.6 is 0 Å². The van der Waals surface area contributed by atoms with Crippen LogP contribution in [0.1, 0.15) is 13.3 Å².